The maximum atomic E-state index is 10.7. The Morgan fingerprint density at radius 1 is 1.20 bits per heavy atom. The summed E-state index contributed by atoms with van der Waals surface area (Å²) < 4.78 is 32.2. The van der Waals surface area contributed by atoms with E-state index in [4.69, 9.17) is 4.55 Å². The van der Waals surface area contributed by atoms with Gasteiger partial charge in [0, 0.05) is 18.1 Å². The van der Waals surface area contributed by atoms with Crippen molar-refractivity contribution >= 4 is 22.0 Å². The van der Waals surface area contributed by atoms with Crippen molar-refractivity contribution in [1.82, 2.24) is 0 Å². The number of para-hydroxylation sites is 1. The van der Waals surface area contributed by atoms with Crippen molar-refractivity contribution < 1.29 is 23.0 Å². The Morgan fingerprint density at radius 3 is 2.50 bits per heavy atom. The van der Waals surface area contributed by atoms with Gasteiger partial charge in [0.15, 0.2) is 6.21 Å². The van der Waals surface area contributed by atoms with Crippen molar-refractivity contribution in [3.05, 3.63) is 29.8 Å². The zero-order chi connectivity index (χ0) is 14.1. The number of hydrogen-bond donors (Lipinski definition) is 1. The number of nitrogens with zero attached hydrogens (tertiary/aromatic N) is 1. The van der Waals surface area contributed by atoms with Gasteiger partial charge >= 0.3 is 0 Å². The van der Waals surface area contributed by atoms with Gasteiger partial charge in [0.25, 0.3) is 10.1 Å². The van der Waals surface area contributed by atoms with Crippen molar-refractivity contribution in [1.29, 1.82) is 0 Å². The molecule has 2 rings (SSSR count). The van der Waals surface area contributed by atoms with Gasteiger partial charge < -0.3 is 5.48 Å². The van der Waals surface area contributed by atoms with Crippen LogP contribution in [-0.2, 0) is 15.5 Å². The molecule has 1 aliphatic rings. The highest BCUT2D eigenvalue weighted by Crippen LogP contribution is 2.35. The number of benzene rings is 1. The largest absolute Gasteiger partial charge is 0.870 e. The fourth-order valence-corrected chi connectivity index (χ4v) is 3.12. The van der Waals surface area contributed by atoms with Gasteiger partial charge in [-0.15, -0.1) is 0 Å². The lowest BCUT2D eigenvalue weighted by Gasteiger charge is -2.09. The standard InChI is InChI=1S/C14H19NO3S.H2O/c1-14(2)11-15(9-5-6-10-19(16,17)18)13-8-4-3-7-12(13)14;/h3-4,7-8,11H,5-6,9-10H2,1-2H3;1H2. The van der Waals surface area contributed by atoms with Gasteiger partial charge in [0.05, 0.1) is 11.2 Å². The van der Waals surface area contributed by atoms with Crippen LogP contribution in [0.25, 0.3) is 0 Å². The summed E-state index contributed by atoms with van der Waals surface area (Å²) in [7, 11) is -3.83. The van der Waals surface area contributed by atoms with E-state index in [1.807, 2.05) is 12.1 Å². The lowest BCUT2D eigenvalue weighted by atomic mass is 9.87. The van der Waals surface area contributed by atoms with Crippen molar-refractivity contribution in [3.8, 4) is 0 Å². The van der Waals surface area contributed by atoms with Crippen molar-refractivity contribution in [2.45, 2.75) is 32.1 Å². The summed E-state index contributed by atoms with van der Waals surface area (Å²) >= 11 is 0. The Labute approximate surface area is 120 Å². The molecule has 0 saturated carbocycles. The maximum Gasteiger partial charge on any atom is 0.264 e. The summed E-state index contributed by atoms with van der Waals surface area (Å²) in [5.41, 5.74) is 2.50. The van der Waals surface area contributed by atoms with Crippen LogP contribution in [0.4, 0.5) is 5.69 Å². The molecule has 1 aromatic rings. The van der Waals surface area contributed by atoms with Crippen LogP contribution < -0.4 is 0 Å². The molecule has 0 fully saturated rings. The van der Waals surface area contributed by atoms with Gasteiger partial charge in [0.1, 0.15) is 6.54 Å². The first kappa shape index (κ1) is 16.8. The second-order valence-corrected chi connectivity index (χ2v) is 7.13. The molecular formula is C14H21NO4S. The van der Waals surface area contributed by atoms with Crippen LogP contribution in [0, 0.1) is 0 Å². The molecule has 2 N–H and O–H groups in total. The zero-order valence-electron chi connectivity index (χ0n) is 11.8. The predicted molar refractivity (Wildman–Crippen MR) is 77.9 cm³/mol. The van der Waals surface area contributed by atoms with Gasteiger partial charge in [-0.2, -0.15) is 8.42 Å². The Morgan fingerprint density at radius 2 is 1.85 bits per heavy atom. The first-order valence-corrected chi connectivity index (χ1v) is 8.08. The van der Waals surface area contributed by atoms with E-state index in [0.29, 0.717) is 6.42 Å². The SMILES string of the molecule is CC1(C)C=[N+](CCCCS(=O)(=O)O)c2ccccc21.[OH-]. The van der Waals surface area contributed by atoms with E-state index in [1.54, 1.807) is 0 Å². The fourth-order valence-electron chi connectivity index (χ4n) is 2.55. The number of fused-ring (bicyclic) bond motifs is 1. The summed E-state index contributed by atoms with van der Waals surface area (Å²) in [5.74, 6) is -0.161. The zero-order valence-corrected chi connectivity index (χ0v) is 12.6. The monoisotopic (exact) mass is 299 g/mol. The minimum atomic E-state index is -3.83. The molecule has 1 aromatic carbocycles. The third-order valence-corrected chi connectivity index (χ3v) is 4.24. The summed E-state index contributed by atoms with van der Waals surface area (Å²) in [4.78, 5) is 0. The highest BCUT2D eigenvalue weighted by atomic mass is 32.2. The van der Waals surface area contributed by atoms with Gasteiger partial charge in [0.2, 0.25) is 5.69 Å². The summed E-state index contributed by atoms with van der Waals surface area (Å²) in [6.07, 6.45) is 3.40. The molecule has 0 amide bonds. The average molecular weight is 299 g/mol. The Balaban J connectivity index is 0.00000200. The lowest BCUT2D eigenvalue weighted by molar-refractivity contribution is -0.434. The molecule has 5 nitrogen and oxygen atoms in total. The molecule has 0 aromatic heterocycles. The molecule has 0 spiro atoms. The van der Waals surface area contributed by atoms with Gasteiger partial charge in [-0.25, -0.2) is 4.58 Å². The van der Waals surface area contributed by atoms with E-state index in [9.17, 15) is 8.42 Å². The third-order valence-electron chi connectivity index (χ3n) is 3.44. The van der Waals surface area contributed by atoms with E-state index in [1.165, 1.54) is 11.3 Å². The first-order valence-electron chi connectivity index (χ1n) is 6.47. The highest BCUT2D eigenvalue weighted by Gasteiger charge is 2.36. The molecule has 20 heavy (non-hydrogen) atoms. The lowest BCUT2D eigenvalue weighted by Crippen LogP contribution is -2.17. The predicted octanol–water partition coefficient (Wildman–Crippen LogP) is 2.18. The molecule has 112 valence electrons. The molecule has 6 heteroatoms. The Hall–Kier alpha value is -1.24. The van der Waals surface area contributed by atoms with E-state index in [2.05, 4.69) is 36.8 Å². The molecule has 0 radical (unpaired) electrons. The first-order chi connectivity index (χ1) is 8.80. The smallest absolute Gasteiger partial charge is 0.264 e. The van der Waals surface area contributed by atoms with E-state index in [-0.39, 0.29) is 16.6 Å². The normalized spacial score (nSPS) is 16.2. The van der Waals surface area contributed by atoms with Gasteiger partial charge in [-0.1, -0.05) is 18.2 Å². The Kier molecular flexibility index (Phi) is 5.07. The minimum absolute atomic E-state index is 0. The van der Waals surface area contributed by atoms with Crippen LogP contribution in [0.15, 0.2) is 24.3 Å². The van der Waals surface area contributed by atoms with E-state index in [0.717, 1.165) is 13.0 Å². The summed E-state index contributed by atoms with van der Waals surface area (Å²) in [6, 6.07) is 8.27. The molecule has 1 heterocycles. The van der Waals surface area contributed by atoms with Crippen molar-refractivity contribution in [2.24, 2.45) is 0 Å². The second kappa shape index (κ2) is 6.03. The Bertz CT molecular complexity index is 605. The molecule has 0 aliphatic carbocycles. The van der Waals surface area contributed by atoms with Crippen LogP contribution in [0.2, 0.25) is 0 Å². The number of rotatable bonds is 5. The van der Waals surface area contributed by atoms with Crippen LogP contribution >= 0.6 is 0 Å². The molecule has 1 aliphatic heterocycles. The van der Waals surface area contributed by atoms with Crippen LogP contribution in [0.5, 0.6) is 0 Å². The molecule has 0 unspecified atom stereocenters. The molecule has 0 saturated heterocycles. The average Bonchev–Trinajstić information content (AvgIpc) is 2.57. The van der Waals surface area contributed by atoms with E-state index < -0.39 is 10.1 Å². The topological polar surface area (TPSA) is 87.4 Å². The minimum Gasteiger partial charge on any atom is -0.870 e. The summed E-state index contributed by atoms with van der Waals surface area (Å²) in [5, 5.41) is 0. The number of hydrogen-bond acceptors (Lipinski definition) is 3. The molecule has 0 bridgehead atoms. The second-order valence-electron chi connectivity index (χ2n) is 5.55. The molecule has 0 atom stereocenters. The fraction of sp³-hybridized carbons (Fsp3) is 0.500. The quantitative estimate of drug-likeness (QED) is 0.513. The van der Waals surface area contributed by atoms with Gasteiger partial charge in [-0.05, 0) is 20.3 Å². The number of unbranched alkanes of at least 4 members (excludes halogenated alkanes) is 1. The van der Waals surface area contributed by atoms with Gasteiger partial charge in [-0.3, -0.25) is 4.55 Å². The van der Waals surface area contributed by atoms with Crippen molar-refractivity contribution in [2.75, 3.05) is 12.3 Å². The van der Waals surface area contributed by atoms with Crippen LogP contribution in [0.3, 0.4) is 0 Å². The summed E-state index contributed by atoms with van der Waals surface area (Å²) in [6.45, 7) is 5.12. The highest BCUT2D eigenvalue weighted by molar-refractivity contribution is 7.85. The van der Waals surface area contributed by atoms with Crippen LogP contribution in [-0.4, -0.2) is 41.5 Å². The molecular weight excluding hydrogens is 278 g/mol. The van der Waals surface area contributed by atoms with Crippen molar-refractivity contribution in [3.63, 3.8) is 0 Å². The van der Waals surface area contributed by atoms with E-state index >= 15 is 0 Å². The van der Waals surface area contributed by atoms with Crippen LogP contribution in [0.1, 0.15) is 32.3 Å². The third kappa shape index (κ3) is 3.88. The maximum absolute atomic E-state index is 10.7.